The van der Waals surface area contributed by atoms with Gasteiger partial charge in [-0.1, -0.05) is 44.5 Å². The van der Waals surface area contributed by atoms with Gasteiger partial charge in [0, 0.05) is 29.2 Å². The maximum Gasteiger partial charge on any atom is 0.258 e. The minimum absolute atomic E-state index is 0.0984. The van der Waals surface area contributed by atoms with Gasteiger partial charge in [0.2, 0.25) is 5.91 Å². The highest BCUT2D eigenvalue weighted by Crippen LogP contribution is 2.29. The second-order valence-electron chi connectivity index (χ2n) is 9.93. The fourth-order valence-electron chi connectivity index (χ4n) is 3.78. The molecule has 0 bridgehead atoms. The summed E-state index contributed by atoms with van der Waals surface area (Å²) in [6, 6.07) is 18.2. The number of hydrogen-bond donors (Lipinski definition) is 1. The Kier molecular flexibility index (Phi) is 7.64. The van der Waals surface area contributed by atoms with Crippen LogP contribution in [0.4, 0.5) is 20.3 Å². The second kappa shape index (κ2) is 10.8. The molecule has 0 aliphatic rings. The van der Waals surface area contributed by atoms with Crippen molar-refractivity contribution >= 4 is 34.9 Å². The lowest BCUT2D eigenvalue weighted by atomic mass is 9.92. The van der Waals surface area contributed by atoms with Gasteiger partial charge < -0.3 is 5.32 Å². The van der Waals surface area contributed by atoms with Crippen molar-refractivity contribution in [3.63, 3.8) is 0 Å². The Hall–Kier alpha value is -4.04. The molecule has 4 rings (SSSR count). The Bertz CT molecular complexity index is 1490. The minimum Gasteiger partial charge on any atom is -0.322 e. The number of rotatable bonds is 6. The topological polar surface area (TPSA) is 67.2 Å². The van der Waals surface area contributed by atoms with Crippen molar-refractivity contribution in [2.45, 2.75) is 32.6 Å². The largest absolute Gasteiger partial charge is 0.322 e. The van der Waals surface area contributed by atoms with Crippen LogP contribution in [0.15, 0.2) is 72.8 Å². The molecular weight excluding hydrogens is 510 g/mol. The predicted octanol–water partition coefficient (Wildman–Crippen LogP) is 6.56. The first-order valence-corrected chi connectivity index (χ1v) is 12.3. The highest BCUT2D eigenvalue weighted by molar-refractivity contribution is 6.30. The van der Waals surface area contributed by atoms with Gasteiger partial charge in [0.1, 0.15) is 17.5 Å². The first-order chi connectivity index (χ1) is 17.9. The molecule has 0 fully saturated rings. The van der Waals surface area contributed by atoms with Crippen molar-refractivity contribution in [2.75, 3.05) is 17.3 Å². The first-order valence-electron chi connectivity index (χ1n) is 11.9. The van der Waals surface area contributed by atoms with Crippen molar-refractivity contribution in [2.24, 2.45) is 0 Å². The molecule has 9 heteroatoms. The van der Waals surface area contributed by atoms with Crippen LogP contribution >= 0.6 is 11.6 Å². The fraction of sp³-hybridized carbons (Fsp3) is 0.207. The monoisotopic (exact) mass is 536 g/mol. The van der Waals surface area contributed by atoms with Crippen molar-refractivity contribution < 1.29 is 18.4 Å². The number of likely N-dealkylation sites (N-methyl/N-ethyl adjacent to an activating group) is 1. The number of hydrogen-bond acceptors (Lipinski definition) is 3. The van der Waals surface area contributed by atoms with E-state index >= 15 is 0 Å². The van der Waals surface area contributed by atoms with E-state index in [1.54, 1.807) is 29.9 Å². The Morgan fingerprint density at radius 3 is 2.34 bits per heavy atom. The predicted molar refractivity (Wildman–Crippen MR) is 145 cm³/mol. The Morgan fingerprint density at radius 2 is 1.71 bits per heavy atom. The number of amides is 2. The van der Waals surface area contributed by atoms with Gasteiger partial charge in [-0.2, -0.15) is 5.10 Å². The molecule has 4 aromatic rings. The molecule has 1 heterocycles. The molecule has 0 spiro atoms. The van der Waals surface area contributed by atoms with Gasteiger partial charge in [-0.05, 0) is 60.2 Å². The summed E-state index contributed by atoms with van der Waals surface area (Å²) in [5.74, 6) is -1.64. The van der Waals surface area contributed by atoms with E-state index in [9.17, 15) is 18.4 Å². The van der Waals surface area contributed by atoms with Crippen LogP contribution in [0.25, 0.3) is 5.69 Å². The minimum atomic E-state index is -0.767. The third-order valence-electron chi connectivity index (χ3n) is 5.97. The van der Waals surface area contributed by atoms with E-state index in [1.807, 2.05) is 32.9 Å². The zero-order chi connectivity index (χ0) is 27.6. The van der Waals surface area contributed by atoms with Crippen LogP contribution in [0, 0.1) is 11.6 Å². The Morgan fingerprint density at radius 1 is 1.00 bits per heavy atom. The van der Waals surface area contributed by atoms with Gasteiger partial charge in [-0.15, -0.1) is 0 Å². The maximum atomic E-state index is 14.8. The van der Waals surface area contributed by atoms with E-state index in [-0.39, 0.29) is 23.3 Å². The molecule has 0 aliphatic carbocycles. The fourth-order valence-corrected chi connectivity index (χ4v) is 3.96. The van der Waals surface area contributed by atoms with Gasteiger partial charge in [0.25, 0.3) is 5.91 Å². The van der Waals surface area contributed by atoms with Crippen molar-refractivity contribution in [3.8, 4) is 5.69 Å². The lowest BCUT2D eigenvalue weighted by molar-refractivity contribution is -0.117. The molecule has 6 nitrogen and oxygen atoms in total. The number of aromatic nitrogens is 2. The zero-order valence-corrected chi connectivity index (χ0v) is 22.2. The number of anilines is 2. The number of nitrogens with zero attached hydrogens (tertiary/aromatic N) is 3. The van der Waals surface area contributed by atoms with Crippen molar-refractivity contribution in [1.29, 1.82) is 0 Å². The standard InChI is InChI=1S/C29H27ClF2N4O2/c1-29(2,3)25-17-26(36(34-25)22-7-5-6-19(30)16-22)35(4)27(37)15-18-8-13-23(24(32)14-18)28(38)33-21-11-9-20(31)10-12-21/h5-14,16-17H,15H2,1-4H3,(H,33,38). The summed E-state index contributed by atoms with van der Waals surface area (Å²) in [6.45, 7) is 6.08. The Balaban J connectivity index is 1.55. The number of halogens is 3. The normalized spacial score (nSPS) is 11.3. The lowest BCUT2D eigenvalue weighted by Crippen LogP contribution is -2.30. The smallest absolute Gasteiger partial charge is 0.258 e. The van der Waals surface area contributed by atoms with Crippen LogP contribution in [0.3, 0.4) is 0 Å². The third-order valence-corrected chi connectivity index (χ3v) is 6.20. The first kappa shape index (κ1) is 27.0. The quantitative estimate of drug-likeness (QED) is 0.303. The van der Waals surface area contributed by atoms with Crippen LogP contribution in [-0.4, -0.2) is 28.6 Å². The molecule has 0 saturated heterocycles. The van der Waals surface area contributed by atoms with E-state index < -0.39 is 17.5 Å². The molecule has 196 valence electrons. The summed E-state index contributed by atoms with van der Waals surface area (Å²) < 4.78 is 29.6. The van der Waals surface area contributed by atoms with Gasteiger partial charge in [-0.3, -0.25) is 14.5 Å². The van der Waals surface area contributed by atoms with E-state index in [1.165, 1.54) is 47.4 Å². The summed E-state index contributed by atoms with van der Waals surface area (Å²) in [4.78, 5) is 27.2. The molecule has 0 saturated carbocycles. The number of carbonyl (C=O) groups excluding carboxylic acids is 2. The number of nitrogens with one attached hydrogen (secondary N) is 1. The molecule has 0 atom stereocenters. The molecule has 0 unspecified atom stereocenters. The van der Waals surface area contributed by atoms with Crippen molar-refractivity contribution in [1.82, 2.24) is 9.78 Å². The molecule has 3 aromatic carbocycles. The average molecular weight is 537 g/mol. The van der Waals surface area contributed by atoms with Gasteiger partial charge in [0.05, 0.1) is 23.4 Å². The van der Waals surface area contributed by atoms with Gasteiger partial charge in [-0.25, -0.2) is 13.5 Å². The van der Waals surface area contributed by atoms with Crippen LogP contribution in [0.5, 0.6) is 0 Å². The van der Waals surface area contributed by atoms with Crippen LogP contribution in [-0.2, 0) is 16.6 Å². The SMILES string of the molecule is CN(C(=O)Cc1ccc(C(=O)Nc2ccc(F)cc2)c(F)c1)c1cc(C(C)(C)C)nn1-c1cccc(Cl)c1. The molecule has 0 radical (unpaired) electrons. The zero-order valence-electron chi connectivity index (χ0n) is 21.4. The third kappa shape index (κ3) is 6.08. The maximum absolute atomic E-state index is 14.8. The second-order valence-corrected chi connectivity index (χ2v) is 10.4. The molecular formula is C29H27ClF2N4O2. The summed E-state index contributed by atoms with van der Waals surface area (Å²) in [5, 5.41) is 7.79. The summed E-state index contributed by atoms with van der Waals surface area (Å²) in [5.41, 5.74) is 1.77. The Labute approximate surface area is 224 Å². The molecule has 1 aromatic heterocycles. The van der Waals surface area contributed by atoms with Crippen LogP contribution in [0.1, 0.15) is 42.4 Å². The highest BCUT2D eigenvalue weighted by Gasteiger charge is 2.25. The van der Waals surface area contributed by atoms with E-state index in [4.69, 9.17) is 16.7 Å². The highest BCUT2D eigenvalue weighted by atomic mass is 35.5. The number of benzene rings is 3. The molecule has 0 aliphatic heterocycles. The lowest BCUT2D eigenvalue weighted by Gasteiger charge is -2.19. The van der Waals surface area contributed by atoms with Gasteiger partial charge in [0.15, 0.2) is 0 Å². The summed E-state index contributed by atoms with van der Waals surface area (Å²) in [6.07, 6.45) is -0.0984. The summed E-state index contributed by atoms with van der Waals surface area (Å²) in [7, 11) is 1.63. The van der Waals surface area contributed by atoms with Crippen molar-refractivity contribution in [3.05, 3.63) is 106 Å². The van der Waals surface area contributed by atoms with Gasteiger partial charge >= 0.3 is 0 Å². The van der Waals surface area contributed by atoms with Crippen LogP contribution < -0.4 is 10.2 Å². The average Bonchev–Trinajstić information content (AvgIpc) is 3.31. The summed E-state index contributed by atoms with van der Waals surface area (Å²) >= 11 is 6.19. The number of carbonyl (C=O) groups is 2. The van der Waals surface area contributed by atoms with E-state index in [0.29, 0.717) is 27.8 Å². The molecule has 2 amide bonds. The van der Waals surface area contributed by atoms with E-state index in [2.05, 4.69) is 5.32 Å². The van der Waals surface area contributed by atoms with Crippen LogP contribution in [0.2, 0.25) is 5.02 Å². The van der Waals surface area contributed by atoms with E-state index in [0.717, 1.165) is 5.69 Å². The molecule has 1 N–H and O–H groups in total. The molecule has 38 heavy (non-hydrogen) atoms.